The first-order valence-electron chi connectivity index (χ1n) is 6.04. The van der Waals surface area contributed by atoms with Crippen molar-refractivity contribution in [3.05, 3.63) is 17.5 Å². The van der Waals surface area contributed by atoms with Gasteiger partial charge in [0.2, 0.25) is 5.91 Å². The number of hydrogen-bond acceptors (Lipinski definition) is 6. The van der Waals surface area contributed by atoms with Crippen molar-refractivity contribution in [2.45, 2.75) is 5.16 Å². The second kappa shape index (κ2) is 7.41. The number of thiophene rings is 1. The molecule has 1 amide bonds. The summed E-state index contributed by atoms with van der Waals surface area (Å²) in [5, 5.41) is 13.8. The van der Waals surface area contributed by atoms with Crippen LogP contribution in [0.5, 0.6) is 0 Å². The molecule has 108 valence electrons. The first-order valence-corrected chi connectivity index (χ1v) is 7.90. The highest BCUT2D eigenvalue weighted by molar-refractivity contribution is 7.99. The van der Waals surface area contributed by atoms with Crippen molar-refractivity contribution in [1.29, 1.82) is 0 Å². The third kappa shape index (κ3) is 3.81. The van der Waals surface area contributed by atoms with Crippen LogP contribution in [0.15, 0.2) is 22.7 Å². The minimum absolute atomic E-state index is 0.0345. The topological polar surface area (TPSA) is 69.0 Å². The van der Waals surface area contributed by atoms with Crippen molar-refractivity contribution in [2.75, 3.05) is 26.0 Å². The molecule has 0 atom stereocenters. The van der Waals surface area contributed by atoms with E-state index in [0.29, 0.717) is 18.9 Å². The normalized spacial score (nSPS) is 10.7. The molecular weight excluding hydrogens is 296 g/mol. The molecule has 2 rings (SSSR count). The zero-order valence-electron chi connectivity index (χ0n) is 11.3. The maximum Gasteiger partial charge on any atom is 0.230 e. The van der Waals surface area contributed by atoms with E-state index in [0.717, 1.165) is 15.9 Å². The Bertz CT molecular complexity index is 554. The molecule has 0 bridgehead atoms. The first-order chi connectivity index (χ1) is 9.72. The van der Waals surface area contributed by atoms with E-state index in [9.17, 15) is 4.79 Å². The summed E-state index contributed by atoms with van der Waals surface area (Å²) in [4.78, 5) is 12.7. The third-order valence-corrected chi connectivity index (χ3v) is 4.42. The van der Waals surface area contributed by atoms with Crippen LogP contribution in [0.25, 0.3) is 10.7 Å². The lowest BCUT2D eigenvalue weighted by molar-refractivity contribution is -0.118. The summed E-state index contributed by atoms with van der Waals surface area (Å²) in [6.07, 6.45) is 0. The number of methoxy groups -OCH3 is 1. The summed E-state index contributed by atoms with van der Waals surface area (Å²) in [6, 6.07) is 3.98. The number of ether oxygens (including phenoxy) is 1. The summed E-state index contributed by atoms with van der Waals surface area (Å²) in [5.41, 5.74) is 0. The molecule has 2 aromatic rings. The van der Waals surface area contributed by atoms with Gasteiger partial charge in [0.05, 0.1) is 17.2 Å². The lowest BCUT2D eigenvalue weighted by Crippen LogP contribution is -2.28. The largest absolute Gasteiger partial charge is 0.383 e. The highest BCUT2D eigenvalue weighted by Crippen LogP contribution is 2.25. The van der Waals surface area contributed by atoms with Gasteiger partial charge in [0.15, 0.2) is 11.0 Å². The fraction of sp³-hybridized carbons (Fsp3) is 0.417. The van der Waals surface area contributed by atoms with E-state index < -0.39 is 0 Å². The second-order valence-electron chi connectivity index (χ2n) is 3.97. The Hall–Kier alpha value is -1.38. The predicted octanol–water partition coefficient (Wildman–Crippen LogP) is 1.40. The Morgan fingerprint density at radius 1 is 1.55 bits per heavy atom. The van der Waals surface area contributed by atoms with Gasteiger partial charge < -0.3 is 14.6 Å². The Labute approximate surface area is 125 Å². The molecule has 2 heterocycles. The maximum absolute atomic E-state index is 11.6. The number of rotatable bonds is 7. The summed E-state index contributed by atoms with van der Waals surface area (Å²) < 4.78 is 6.77. The van der Waals surface area contributed by atoms with Gasteiger partial charge in [-0.05, 0) is 11.4 Å². The van der Waals surface area contributed by atoms with Crippen LogP contribution in [-0.2, 0) is 16.6 Å². The molecule has 0 aliphatic rings. The summed E-state index contributed by atoms with van der Waals surface area (Å²) in [6.45, 7) is 1.04. The highest BCUT2D eigenvalue weighted by atomic mass is 32.2. The van der Waals surface area contributed by atoms with E-state index in [1.165, 1.54) is 11.8 Å². The van der Waals surface area contributed by atoms with E-state index in [2.05, 4.69) is 15.5 Å². The third-order valence-electron chi connectivity index (χ3n) is 2.54. The van der Waals surface area contributed by atoms with Crippen LogP contribution in [-0.4, -0.2) is 46.7 Å². The lowest BCUT2D eigenvalue weighted by Gasteiger charge is -2.04. The van der Waals surface area contributed by atoms with Gasteiger partial charge in [0.1, 0.15) is 0 Å². The van der Waals surface area contributed by atoms with Gasteiger partial charge in [-0.1, -0.05) is 17.8 Å². The van der Waals surface area contributed by atoms with Crippen LogP contribution in [0.1, 0.15) is 0 Å². The van der Waals surface area contributed by atoms with Crippen molar-refractivity contribution in [3.63, 3.8) is 0 Å². The zero-order chi connectivity index (χ0) is 14.4. The number of carbonyl (C=O) groups excluding carboxylic acids is 1. The van der Waals surface area contributed by atoms with Crippen LogP contribution in [0, 0.1) is 0 Å². The fourth-order valence-corrected chi connectivity index (χ4v) is 3.02. The molecule has 0 aliphatic heterocycles. The molecular formula is C12H16N4O2S2. The molecule has 0 radical (unpaired) electrons. The second-order valence-corrected chi connectivity index (χ2v) is 5.86. The van der Waals surface area contributed by atoms with Gasteiger partial charge in [-0.15, -0.1) is 21.5 Å². The highest BCUT2D eigenvalue weighted by Gasteiger charge is 2.13. The molecule has 0 unspecified atom stereocenters. The Balaban J connectivity index is 1.89. The quantitative estimate of drug-likeness (QED) is 0.618. The van der Waals surface area contributed by atoms with E-state index >= 15 is 0 Å². The van der Waals surface area contributed by atoms with Gasteiger partial charge >= 0.3 is 0 Å². The van der Waals surface area contributed by atoms with Gasteiger partial charge in [-0.2, -0.15) is 0 Å². The molecule has 0 aromatic carbocycles. The van der Waals surface area contributed by atoms with Gasteiger partial charge in [-0.3, -0.25) is 4.79 Å². The molecule has 1 N–H and O–H groups in total. The van der Waals surface area contributed by atoms with Crippen LogP contribution in [0.3, 0.4) is 0 Å². The van der Waals surface area contributed by atoms with Crippen LogP contribution < -0.4 is 5.32 Å². The van der Waals surface area contributed by atoms with E-state index in [1.54, 1.807) is 18.4 Å². The monoisotopic (exact) mass is 312 g/mol. The Morgan fingerprint density at radius 3 is 3.10 bits per heavy atom. The minimum atomic E-state index is -0.0345. The predicted molar refractivity (Wildman–Crippen MR) is 79.9 cm³/mol. The maximum atomic E-state index is 11.6. The van der Waals surface area contributed by atoms with Gasteiger partial charge in [0, 0.05) is 20.7 Å². The SMILES string of the molecule is COCCNC(=O)CSc1nnc(-c2cccs2)n1C. The summed E-state index contributed by atoms with van der Waals surface area (Å²) >= 11 is 2.99. The van der Waals surface area contributed by atoms with Crippen molar-refractivity contribution in [2.24, 2.45) is 7.05 Å². The molecule has 0 saturated carbocycles. The number of hydrogen-bond donors (Lipinski definition) is 1. The van der Waals surface area contributed by atoms with E-state index in [1.807, 2.05) is 29.1 Å². The number of carbonyl (C=O) groups is 1. The first kappa shape index (κ1) is 15.0. The average Bonchev–Trinajstić information content (AvgIpc) is 3.06. The van der Waals surface area contributed by atoms with E-state index in [-0.39, 0.29) is 5.91 Å². The van der Waals surface area contributed by atoms with Gasteiger partial charge in [-0.25, -0.2) is 0 Å². The summed E-state index contributed by atoms with van der Waals surface area (Å²) in [7, 11) is 3.51. The van der Waals surface area contributed by atoms with Crippen molar-refractivity contribution < 1.29 is 9.53 Å². The molecule has 0 fully saturated rings. The number of aromatic nitrogens is 3. The Kier molecular flexibility index (Phi) is 5.57. The molecule has 20 heavy (non-hydrogen) atoms. The zero-order valence-corrected chi connectivity index (χ0v) is 13.0. The Morgan fingerprint density at radius 2 is 2.40 bits per heavy atom. The van der Waals surface area contributed by atoms with Crippen LogP contribution >= 0.6 is 23.1 Å². The summed E-state index contributed by atoms with van der Waals surface area (Å²) in [5.74, 6) is 1.11. The lowest BCUT2D eigenvalue weighted by atomic mass is 10.4. The van der Waals surface area contributed by atoms with Crippen LogP contribution in [0.2, 0.25) is 0 Å². The molecule has 0 saturated heterocycles. The van der Waals surface area contributed by atoms with Crippen LogP contribution in [0.4, 0.5) is 0 Å². The molecule has 0 spiro atoms. The minimum Gasteiger partial charge on any atom is -0.383 e. The van der Waals surface area contributed by atoms with Crippen molar-refractivity contribution in [3.8, 4) is 10.7 Å². The average molecular weight is 312 g/mol. The standard InChI is InChI=1S/C12H16N4O2S2/c1-16-11(9-4-3-7-19-9)14-15-12(16)20-8-10(17)13-5-6-18-2/h3-4,7H,5-6,8H2,1-2H3,(H,13,17). The number of nitrogens with one attached hydrogen (secondary N) is 1. The fourth-order valence-electron chi connectivity index (χ4n) is 1.53. The smallest absolute Gasteiger partial charge is 0.230 e. The molecule has 8 heteroatoms. The number of amides is 1. The number of thioether (sulfide) groups is 1. The van der Waals surface area contributed by atoms with E-state index in [4.69, 9.17) is 4.74 Å². The van der Waals surface area contributed by atoms with Gasteiger partial charge in [0.25, 0.3) is 0 Å². The molecule has 0 aliphatic carbocycles. The molecule has 2 aromatic heterocycles. The molecule has 6 nitrogen and oxygen atoms in total. The van der Waals surface area contributed by atoms with Crippen molar-refractivity contribution in [1.82, 2.24) is 20.1 Å². The number of nitrogens with zero attached hydrogens (tertiary/aromatic N) is 3. The van der Waals surface area contributed by atoms with Crippen molar-refractivity contribution >= 4 is 29.0 Å².